The van der Waals surface area contributed by atoms with E-state index in [0.717, 1.165) is 5.75 Å². The third kappa shape index (κ3) is 2.95. The Balaban J connectivity index is 2.71. The topological polar surface area (TPSA) is 9.23 Å². The van der Waals surface area contributed by atoms with Crippen LogP contribution in [0.3, 0.4) is 0 Å². The highest BCUT2D eigenvalue weighted by atomic mass is 16.5. The monoisotopic (exact) mass is 164 g/mol. The zero-order valence-corrected chi connectivity index (χ0v) is 8.22. The van der Waals surface area contributed by atoms with E-state index in [1.54, 1.807) is 0 Å². The van der Waals surface area contributed by atoms with E-state index >= 15 is 0 Å². The highest BCUT2D eigenvalue weighted by Crippen LogP contribution is 2.17. The molecule has 0 amide bonds. The average Bonchev–Trinajstić information content (AvgIpc) is 1.91. The number of hydrogen-bond acceptors (Lipinski definition) is 1. The fourth-order valence-electron chi connectivity index (χ4n) is 0.960. The van der Waals surface area contributed by atoms with Crippen molar-refractivity contribution in [2.45, 2.75) is 33.3 Å². The Morgan fingerprint density at radius 2 is 1.50 bits per heavy atom. The smallest absolute Gasteiger partial charge is 0.120 e. The zero-order chi connectivity index (χ0) is 9.19. The van der Waals surface area contributed by atoms with E-state index in [-0.39, 0.29) is 5.60 Å². The summed E-state index contributed by atoms with van der Waals surface area (Å²) < 4.78 is 5.66. The summed E-state index contributed by atoms with van der Waals surface area (Å²) in [4.78, 5) is 0. The van der Waals surface area contributed by atoms with Gasteiger partial charge in [-0.05, 0) is 39.8 Å². The van der Waals surface area contributed by atoms with Crippen LogP contribution in [0.15, 0.2) is 24.3 Å². The molecule has 0 fully saturated rings. The molecule has 12 heavy (non-hydrogen) atoms. The Labute approximate surface area is 74.4 Å². The van der Waals surface area contributed by atoms with Gasteiger partial charge in [-0.25, -0.2) is 0 Å². The maximum absolute atomic E-state index is 5.66. The van der Waals surface area contributed by atoms with E-state index < -0.39 is 0 Å². The van der Waals surface area contributed by atoms with Gasteiger partial charge in [0.15, 0.2) is 0 Å². The van der Waals surface area contributed by atoms with Crippen LogP contribution in [0.2, 0.25) is 0 Å². The summed E-state index contributed by atoms with van der Waals surface area (Å²) in [6.45, 7) is 8.22. The molecule has 0 atom stereocenters. The predicted molar refractivity (Wildman–Crippen MR) is 51.6 cm³/mol. The zero-order valence-electron chi connectivity index (χ0n) is 8.22. The second-order valence-electron chi connectivity index (χ2n) is 4.03. The van der Waals surface area contributed by atoms with E-state index in [9.17, 15) is 0 Å². The molecule has 0 radical (unpaired) electrons. The van der Waals surface area contributed by atoms with Crippen LogP contribution in [0.25, 0.3) is 0 Å². The summed E-state index contributed by atoms with van der Waals surface area (Å²) in [5, 5.41) is 0. The summed E-state index contributed by atoms with van der Waals surface area (Å²) in [6.07, 6.45) is 0. The molecule has 0 heterocycles. The van der Waals surface area contributed by atoms with Crippen LogP contribution in [-0.2, 0) is 0 Å². The van der Waals surface area contributed by atoms with Crippen molar-refractivity contribution in [3.63, 3.8) is 0 Å². The summed E-state index contributed by atoms with van der Waals surface area (Å²) in [5.41, 5.74) is 1.16. The van der Waals surface area contributed by atoms with Crippen LogP contribution < -0.4 is 4.74 Å². The molecule has 0 bridgehead atoms. The van der Waals surface area contributed by atoms with Gasteiger partial charge in [-0.15, -0.1) is 0 Å². The van der Waals surface area contributed by atoms with Crippen LogP contribution in [0.4, 0.5) is 0 Å². The molecule has 0 aliphatic carbocycles. The molecule has 0 unspecified atom stereocenters. The van der Waals surface area contributed by atoms with Crippen LogP contribution in [0.5, 0.6) is 5.75 Å². The van der Waals surface area contributed by atoms with Gasteiger partial charge in [0.25, 0.3) is 0 Å². The number of benzene rings is 1. The van der Waals surface area contributed by atoms with Gasteiger partial charge in [-0.3, -0.25) is 0 Å². The molecule has 0 aromatic heterocycles. The molecule has 0 aliphatic rings. The molecule has 0 spiro atoms. The van der Waals surface area contributed by atoms with Gasteiger partial charge in [0.2, 0.25) is 0 Å². The first kappa shape index (κ1) is 9.11. The highest BCUT2D eigenvalue weighted by molar-refractivity contribution is 5.26. The lowest BCUT2D eigenvalue weighted by molar-refractivity contribution is 0.131. The average molecular weight is 164 g/mol. The Morgan fingerprint density at radius 1 is 1.00 bits per heavy atom. The molecule has 0 aliphatic heterocycles. The first-order chi connectivity index (χ1) is 5.47. The van der Waals surface area contributed by atoms with Crippen molar-refractivity contribution in [3.05, 3.63) is 29.8 Å². The second kappa shape index (κ2) is 3.18. The number of aryl methyl sites for hydroxylation is 1. The lowest BCUT2D eigenvalue weighted by atomic mass is 10.2. The first-order valence-corrected chi connectivity index (χ1v) is 4.23. The number of ether oxygens (including phenoxy) is 1. The summed E-state index contributed by atoms with van der Waals surface area (Å²) in [7, 11) is 0. The third-order valence-electron chi connectivity index (χ3n) is 1.45. The molecule has 1 aromatic rings. The van der Waals surface area contributed by atoms with Crippen molar-refractivity contribution in [1.82, 2.24) is 0 Å². The lowest BCUT2D eigenvalue weighted by Crippen LogP contribution is -2.22. The van der Waals surface area contributed by atoms with E-state index in [4.69, 9.17) is 4.74 Å². The Kier molecular flexibility index (Phi) is 2.41. The normalized spacial score (nSPS) is 11.3. The molecule has 1 heteroatoms. The molecule has 0 saturated carbocycles. The molecule has 66 valence electrons. The van der Waals surface area contributed by atoms with Crippen molar-refractivity contribution < 1.29 is 4.74 Å². The van der Waals surface area contributed by atoms with E-state index in [2.05, 4.69) is 19.1 Å². The van der Waals surface area contributed by atoms with Gasteiger partial charge < -0.3 is 4.74 Å². The van der Waals surface area contributed by atoms with Gasteiger partial charge in [-0.2, -0.15) is 0 Å². The van der Waals surface area contributed by atoms with Crippen molar-refractivity contribution in [3.8, 4) is 5.75 Å². The van der Waals surface area contributed by atoms with Crippen molar-refractivity contribution >= 4 is 0 Å². The number of rotatable bonds is 1. The maximum atomic E-state index is 5.66. The van der Waals surface area contributed by atoms with Crippen molar-refractivity contribution in [1.29, 1.82) is 0 Å². The molecular weight excluding hydrogens is 148 g/mol. The minimum absolute atomic E-state index is 0.102. The minimum Gasteiger partial charge on any atom is -0.488 e. The standard InChI is InChI=1S/C11H16O/c1-9-5-7-10(8-6-9)12-11(2,3)4/h5-8H,1-4H3. The molecule has 0 N–H and O–H groups in total. The Hall–Kier alpha value is -0.980. The highest BCUT2D eigenvalue weighted by Gasteiger charge is 2.10. The van der Waals surface area contributed by atoms with Gasteiger partial charge in [0, 0.05) is 0 Å². The van der Waals surface area contributed by atoms with Crippen LogP contribution >= 0.6 is 0 Å². The molecular formula is C11H16O. The lowest BCUT2D eigenvalue weighted by Gasteiger charge is -2.21. The third-order valence-corrected chi connectivity index (χ3v) is 1.45. The molecule has 1 rings (SSSR count). The van der Waals surface area contributed by atoms with Gasteiger partial charge in [0.05, 0.1) is 0 Å². The summed E-state index contributed by atoms with van der Waals surface area (Å²) in [6, 6.07) is 8.11. The van der Waals surface area contributed by atoms with Gasteiger partial charge in [0.1, 0.15) is 11.4 Å². The van der Waals surface area contributed by atoms with Crippen molar-refractivity contribution in [2.24, 2.45) is 0 Å². The largest absolute Gasteiger partial charge is 0.488 e. The van der Waals surface area contributed by atoms with Crippen molar-refractivity contribution in [2.75, 3.05) is 0 Å². The van der Waals surface area contributed by atoms with E-state index in [1.165, 1.54) is 5.56 Å². The summed E-state index contributed by atoms with van der Waals surface area (Å²) in [5.74, 6) is 0.938. The van der Waals surface area contributed by atoms with E-state index in [1.807, 2.05) is 32.9 Å². The van der Waals surface area contributed by atoms with Gasteiger partial charge in [-0.1, -0.05) is 17.7 Å². The summed E-state index contributed by atoms with van der Waals surface area (Å²) >= 11 is 0. The Morgan fingerprint density at radius 3 is 1.92 bits per heavy atom. The predicted octanol–water partition coefficient (Wildman–Crippen LogP) is 3.17. The fourth-order valence-corrected chi connectivity index (χ4v) is 0.960. The quantitative estimate of drug-likeness (QED) is 0.619. The maximum Gasteiger partial charge on any atom is 0.120 e. The fraction of sp³-hybridized carbons (Fsp3) is 0.455. The van der Waals surface area contributed by atoms with Gasteiger partial charge >= 0.3 is 0 Å². The van der Waals surface area contributed by atoms with Crippen LogP contribution in [0, 0.1) is 6.92 Å². The molecule has 1 aromatic carbocycles. The van der Waals surface area contributed by atoms with Crippen LogP contribution in [-0.4, -0.2) is 5.60 Å². The SMILES string of the molecule is Cc1ccc(OC(C)(C)C)cc1. The number of hydrogen-bond donors (Lipinski definition) is 0. The minimum atomic E-state index is -0.102. The Bertz CT molecular complexity index is 241. The second-order valence-corrected chi connectivity index (χ2v) is 4.03. The molecule has 1 nitrogen and oxygen atoms in total. The van der Waals surface area contributed by atoms with Crippen LogP contribution in [0.1, 0.15) is 26.3 Å². The molecule has 0 saturated heterocycles. The first-order valence-electron chi connectivity index (χ1n) is 4.23. The van der Waals surface area contributed by atoms with E-state index in [0.29, 0.717) is 0 Å².